The van der Waals surface area contributed by atoms with E-state index in [0.717, 1.165) is 24.7 Å². The minimum atomic E-state index is -1.23. The first kappa shape index (κ1) is 17.6. The predicted octanol–water partition coefficient (Wildman–Crippen LogP) is 2.84. The summed E-state index contributed by atoms with van der Waals surface area (Å²) < 4.78 is 35.1. The zero-order valence-corrected chi connectivity index (χ0v) is 16.1. The van der Waals surface area contributed by atoms with Crippen LogP contribution < -0.4 is 0 Å². The molecule has 152 valence electrons. The molecule has 6 nitrogen and oxygen atoms in total. The molecule has 0 amide bonds. The standard InChI is InChI=1S/C21H32O6/c1-3-17-19(26-17)7-13(1)5-15-9-22-21(23-10-15)24-11-16(12-25-21)6-14-2-4-18-20(8-14)27-18/h13-20H,1-12H2. The maximum absolute atomic E-state index is 5.94. The minimum Gasteiger partial charge on any atom is -0.370 e. The summed E-state index contributed by atoms with van der Waals surface area (Å²) >= 11 is 0. The fraction of sp³-hybridized carbons (Fsp3) is 1.00. The first-order chi connectivity index (χ1) is 13.2. The molecule has 27 heavy (non-hydrogen) atoms. The van der Waals surface area contributed by atoms with E-state index in [9.17, 15) is 0 Å². The van der Waals surface area contributed by atoms with E-state index in [-0.39, 0.29) is 0 Å². The molecule has 0 N–H and O–H groups in total. The van der Waals surface area contributed by atoms with Crippen molar-refractivity contribution in [1.82, 2.24) is 0 Å². The third-order valence-corrected chi connectivity index (χ3v) is 7.54. The summed E-state index contributed by atoms with van der Waals surface area (Å²) in [6, 6.07) is 0. The zero-order chi connectivity index (χ0) is 17.8. The highest BCUT2D eigenvalue weighted by molar-refractivity contribution is 4.93. The summed E-state index contributed by atoms with van der Waals surface area (Å²) in [5.74, 6) is 2.38. The average molecular weight is 380 g/mol. The van der Waals surface area contributed by atoms with Gasteiger partial charge in [-0.15, -0.1) is 0 Å². The van der Waals surface area contributed by atoms with Crippen LogP contribution in [0, 0.1) is 23.7 Å². The van der Waals surface area contributed by atoms with Crippen molar-refractivity contribution < 1.29 is 28.4 Å². The van der Waals surface area contributed by atoms with Crippen LogP contribution in [0.25, 0.3) is 0 Å². The van der Waals surface area contributed by atoms with Gasteiger partial charge in [0.25, 0.3) is 0 Å². The van der Waals surface area contributed by atoms with Gasteiger partial charge < -0.3 is 28.4 Å². The Labute approximate surface area is 161 Å². The fourth-order valence-electron chi connectivity index (χ4n) is 5.84. The molecule has 0 aromatic rings. The third-order valence-electron chi connectivity index (χ3n) is 7.54. The summed E-state index contributed by atoms with van der Waals surface area (Å²) in [6.45, 7) is 2.66. The number of hydrogen-bond acceptors (Lipinski definition) is 6. The Balaban J connectivity index is 0.936. The quantitative estimate of drug-likeness (QED) is 0.699. The lowest BCUT2D eigenvalue weighted by molar-refractivity contribution is -0.535. The van der Waals surface area contributed by atoms with E-state index in [2.05, 4.69) is 0 Å². The van der Waals surface area contributed by atoms with Gasteiger partial charge in [0.1, 0.15) is 0 Å². The van der Waals surface area contributed by atoms with Gasteiger partial charge in [-0.1, -0.05) is 0 Å². The van der Waals surface area contributed by atoms with Crippen molar-refractivity contribution >= 4 is 0 Å². The number of hydrogen-bond donors (Lipinski definition) is 0. The molecule has 4 heterocycles. The van der Waals surface area contributed by atoms with E-state index in [1.165, 1.54) is 38.5 Å². The Hall–Kier alpha value is -0.240. The Bertz CT molecular complexity index is 487. The molecule has 6 heteroatoms. The molecular weight excluding hydrogens is 348 g/mol. The van der Waals surface area contributed by atoms with Gasteiger partial charge in [-0.25, -0.2) is 0 Å². The second-order valence-corrected chi connectivity index (χ2v) is 9.73. The molecule has 1 spiro atoms. The van der Waals surface area contributed by atoms with Gasteiger partial charge in [-0.2, -0.15) is 0 Å². The highest BCUT2D eigenvalue weighted by atomic mass is 17.0. The Morgan fingerprint density at radius 1 is 0.519 bits per heavy atom. The topological polar surface area (TPSA) is 62.0 Å². The van der Waals surface area contributed by atoms with Gasteiger partial charge in [0.15, 0.2) is 0 Å². The van der Waals surface area contributed by atoms with Gasteiger partial charge in [0.2, 0.25) is 0 Å². The Kier molecular flexibility index (Phi) is 4.51. The van der Waals surface area contributed by atoms with Crippen LogP contribution in [-0.4, -0.2) is 57.0 Å². The Morgan fingerprint density at radius 3 is 1.37 bits per heavy atom. The molecule has 4 saturated heterocycles. The van der Waals surface area contributed by atoms with Gasteiger partial charge in [-0.05, 0) is 63.2 Å². The maximum Gasteiger partial charge on any atom is 0.412 e. The number of epoxide rings is 2. The van der Waals surface area contributed by atoms with Gasteiger partial charge >= 0.3 is 6.16 Å². The van der Waals surface area contributed by atoms with Crippen LogP contribution in [0.3, 0.4) is 0 Å². The molecule has 4 aliphatic heterocycles. The highest BCUT2D eigenvalue weighted by Gasteiger charge is 2.48. The molecular formula is C21H32O6. The molecule has 6 aliphatic rings. The van der Waals surface area contributed by atoms with E-state index >= 15 is 0 Å². The normalized spacial score (nSPS) is 54.2. The molecule has 6 fully saturated rings. The van der Waals surface area contributed by atoms with Crippen LogP contribution in [0.4, 0.5) is 0 Å². The first-order valence-corrected chi connectivity index (χ1v) is 11.1. The largest absolute Gasteiger partial charge is 0.412 e. The predicted molar refractivity (Wildman–Crippen MR) is 94.8 cm³/mol. The van der Waals surface area contributed by atoms with E-state index in [0.29, 0.717) is 62.7 Å². The van der Waals surface area contributed by atoms with Crippen LogP contribution in [0.2, 0.25) is 0 Å². The van der Waals surface area contributed by atoms with Crippen molar-refractivity contribution in [2.75, 3.05) is 26.4 Å². The van der Waals surface area contributed by atoms with Gasteiger partial charge in [-0.3, -0.25) is 0 Å². The zero-order valence-electron chi connectivity index (χ0n) is 16.1. The molecule has 6 unspecified atom stereocenters. The van der Waals surface area contributed by atoms with Crippen molar-refractivity contribution in [3.63, 3.8) is 0 Å². The number of rotatable bonds is 4. The molecule has 6 atom stereocenters. The second kappa shape index (κ2) is 6.92. The van der Waals surface area contributed by atoms with Crippen molar-refractivity contribution in [2.45, 2.75) is 81.9 Å². The van der Waals surface area contributed by atoms with Crippen LogP contribution in [-0.2, 0) is 28.4 Å². The summed E-state index contributed by atoms with van der Waals surface area (Å²) in [5, 5.41) is 0. The molecule has 0 bridgehead atoms. The maximum atomic E-state index is 5.94. The van der Waals surface area contributed by atoms with Crippen LogP contribution in [0.1, 0.15) is 51.4 Å². The van der Waals surface area contributed by atoms with Crippen LogP contribution >= 0.6 is 0 Å². The Morgan fingerprint density at radius 2 is 0.963 bits per heavy atom. The smallest absolute Gasteiger partial charge is 0.370 e. The van der Waals surface area contributed by atoms with E-state index in [1.807, 2.05) is 0 Å². The summed E-state index contributed by atoms with van der Waals surface area (Å²) in [4.78, 5) is 0. The van der Waals surface area contributed by atoms with Crippen molar-refractivity contribution in [1.29, 1.82) is 0 Å². The number of ether oxygens (including phenoxy) is 6. The second-order valence-electron chi connectivity index (χ2n) is 9.73. The van der Waals surface area contributed by atoms with E-state index in [1.54, 1.807) is 0 Å². The minimum absolute atomic E-state index is 0.439. The lowest BCUT2D eigenvalue weighted by Crippen LogP contribution is -2.53. The molecule has 2 aliphatic carbocycles. The highest BCUT2D eigenvalue weighted by Crippen LogP contribution is 2.44. The number of fused-ring (bicyclic) bond motifs is 2. The molecule has 0 aromatic heterocycles. The lowest BCUT2D eigenvalue weighted by atomic mass is 9.83. The van der Waals surface area contributed by atoms with E-state index in [4.69, 9.17) is 28.4 Å². The third kappa shape index (κ3) is 3.81. The van der Waals surface area contributed by atoms with Crippen molar-refractivity contribution in [3.8, 4) is 0 Å². The summed E-state index contributed by atoms with van der Waals surface area (Å²) in [5.41, 5.74) is 0. The molecule has 6 rings (SSSR count). The molecule has 2 saturated carbocycles. The SMILES string of the molecule is C1CC2OC2CC1CC1COC2(OC1)OCC(CC1CCC3OC3C1)CO2. The molecule has 0 radical (unpaired) electrons. The summed E-state index contributed by atoms with van der Waals surface area (Å²) in [6.07, 6.45) is 10.8. The monoisotopic (exact) mass is 380 g/mol. The van der Waals surface area contributed by atoms with Crippen molar-refractivity contribution in [2.24, 2.45) is 23.7 Å². The van der Waals surface area contributed by atoms with Crippen LogP contribution in [0.5, 0.6) is 0 Å². The van der Waals surface area contributed by atoms with Crippen molar-refractivity contribution in [3.05, 3.63) is 0 Å². The fourth-order valence-corrected chi connectivity index (χ4v) is 5.84. The van der Waals surface area contributed by atoms with Gasteiger partial charge in [0.05, 0.1) is 50.8 Å². The average Bonchev–Trinajstić information content (AvgIpc) is 3.60. The van der Waals surface area contributed by atoms with Crippen LogP contribution in [0.15, 0.2) is 0 Å². The lowest BCUT2D eigenvalue weighted by Gasteiger charge is -2.43. The summed E-state index contributed by atoms with van der Waals surface area (Å²) in [7, 11) is 0. The van der Waals surface area contributed by atoms with E-state index < -0.39 is 6.16 Å². The molecule has 0 aromatic carbocycles. The first-order valence-electron chi connectivity index (χ1n) is 11.1. The van der Waals surface area contributed by atoms with Gasteiger partial charge in [0, 0.05) is 11.8 Å².